The molecule has 0 amide bonds. The molecule has 1 unspecified atom stereocenters. The first-order valence-corrected chi connectivity index (χ1v) is 4.78. The molecule has 0 radical (unpaired) electrons. The summed E-state index contributed by atoms with van der Waals surface area (Å²) >= 11 is 0. The lowest BCUT2D eigenvalue weighted by Crippen LogP contribution is -2.40. The van der Waals surface area contributed by atoms with Crippen LogP contribution in [-0.4, -0.2) is 22.1 Å². The van der Waals surface area contributed by atoms with Crippen molar-refractivity contribution in [1.82, 2.24) is 10.3 Å². The highest BCUT2D eigenvalue weighted by Crippen LogP contribution is 2.10. The number of pyridine rings is 1. The van der Waals surface area contributed by atoms with Crippen molar-refractivity contribution in [2.24, 2.45) is 10.9 Å². The number of hydrogen-bond donors (Lipinski definition) is 3. The molecule has 0 aliphatic carbocycles. The molecule has 0 bridgehead atoms. The lowest BCUT2D eigenvalue weighted by molar-refractivity contribution is 0.314. The molecule has 0 saturated heterocycles. The highest BCUT2D eigenvalue weighted by molar-refractivity contribution is 5.84. The molecule has 5 nitrogen and oxygen atoms in total. The van der Waals surface area contributed by atoms with Gasteiger partial charge in [-0.2, -0.15) is 0 Å². The van der Waals surface area contributed by atoms with E-state index in [0.717, 1.165) is 5.56 Å². The Balaban J connectivity index is 2.60. The van der Waals surface area contributed by atoms with Gasteiger partial charge in [-0.25, -0.2) is 0 Å². The number of aromatic nitrogens is 1. The molecular formula is C10H16N4O. The van der Waals surface area contributed by atoms with Crippen molar-refractivity contribution in [3.63, 3.8) is 0 Å². The van der Waals surface area contributed by atoms with Gasteiger partial charge in [0.15, 0.2) is 5.84 Å². The highest BCUT2D eigenvalue weighted by Gasteiger charge is 2.12. The zero-order valence-electron chi connectivity index (χ0n) is 8.88. The molecule has 0 aliphatic rings. The van der Waals surface area contributed by atoms with E-state index in [1.165, 1.54) is 0 Å². The molecule has 82 valence electrons. The van der Waals surface area contributed by atoms with E-state index in [1.54, 1.807) is 12.4 Å². The van der Waals surface area contributed by atoms with Crippen LogP contribution in [0.25, 0.3) is 0 Å². The topological polar surface area (TPSA) is 83.5 Å². The number of amidine groups is 1. The quantitative estimate of drug-likeness (QED) is 0.297. The van der Waals surface area contributed by atoms with Crippen LogP contribution in [0.1, 0.15) is 25.5 Å². The summed E-state index contributed by atoms with van der Waals surface area (Å²) in [6.45, 7) is 3.85. The highest BCUT2D eigenvalue weighted by atomic mass is 16.4. The molecule has 0 aromatic carbocycles. The molecule has 0 aliphatic heterocycles. The number of nitrogens with one attached hydrogen (secondary N) is 1. The molecule has 5 heteroatoms. The summed E-state index contributed by atoms with van der Waals surface area (Å²) in [6, 6.07) is 3.81. The third kappa shape index (κ3) is 3.21. The Morgan fingerprint density at radius 1 is 1.47 bits per heavy atom. The average molecular weight is 208 g/mol. The van der Waals surface area contributed by atoms with E-state index in [9.17, 15) is 0 Å². The van der Waals surface area contributed by atoms with Gasteiger partial charge in [-0.3, -0.25) is 4.98 Å². The smallest absolute Gasteiger partial charge is 0.156 e. The largest absolute Gasteiger partial charge is 0.409 e. The fraction of sp³-hybridized carbons (Fsp3) is 0.400. The summed E-state index contributed by atoms with van der Waals surface area (Å²) in [7, 11) is 0. The summed E-state index contributed by atoms with van der Waals surface area (Å²) in [5, 5.41) is 14.7. The summed E-state index contributed by atoms with van der Waals surface area (Å²) in [5.74, 6) is 0.177. The van der Waals surface area contributed by atoms with Gasteiger partial charge >= 0.3 is 0 Å². The standard InChI is InChI=1S/C10H16N4O/c1-7(9-3-5-12-6-4-9)13-8(2)10(11)14-15/h3-8,13,15H,1-2H3,(H2,11,14)/t7-,8?/m0/s1. The first-order chi connectivity index (χ1) is 7.15. The second kappa shape index (κ2) is 5.31. The average Bonchev–Trinajstić information content (AvgIpc) is 2.29. The van der Waals surface area contributed by atoms with Crippen molar-refractivity contribution in [3.05, 3.63) is 30.1 Å². The number of hydrogen-bond acceptors (Lipinski definition) is 4. The van der Waals surface area contributed by atoms with Crippen molar-refractivity contribution in [2.45, 2.75) is 25.9 Å². The maximum atomic E-state index is 8.50. The van der Waals surface area contributed by atoms with Crippen LogP contribution in [0.2, 0.25) is 0 Å². The van der Waals surface area contributed by atoms with Gasteiger partial charge in [0.25, 0.3) is 0 Å². The maximum absolute atomic E-state index is 8.50. The van der Waals surface area contributed by atoms with Crippen molar-refractivity contribution in [2.75, 3.05) is 0 Å². The molecule has 1 rings (SSSR count). The van der Waals surface area contributed by atoms with Gasteiger partial charge in [0.05, 0.1) is 6.04 Å². The first-order valence-electron chi connectivity index (χ1n) is 4.78. The molecule has 4 N–H and O–H groups in total. The van der Waals surface area contributed by atoms with Crippen LogP contribution < -0.4 is 11.1 Å². The second-order valence-corrected chi connectivity index (χ2v) is 3.42. The predicted octanol–water partition coefficient (Wildman–Crippen LogP) is 0.867. The SMILES string of the molecule is CC(N[C@@H](C)c1ccncc1)/C(N)=N/O. The summed E-state index contributed by atoms with van der Waals surface area (Å²) in [4.78, 5) is 3.94. The number of rotatable bonds is 4. The van der Waals surface area contributed by atoms with Gasteiger partial charge in [-0.1, -0.05) is 5.16 Å². The van der Waals surface area contributed by atoms with Crippen LogP contribution in [0.5, 0.6) is 0 Å². The zero-order valence-corrected chi connectivity index (χ0v) is 8.88. The Morgan fingerprint density at radius 3 is 2.60 bits per heavy atom. The van der Waals surface area contributed by atoms with E-state index < -0.39 is 0 Å². The lowest BCUT2D eigenvalue weighted by Gasteiger charge is -2.18. The monoisotopic (exact) mass is 208 g/mol. The molecule has 1 heterocycles. The molecule has 15 heavy (non-hydrogen) atoms. The third-order valence-electron chi connectivity index (χ3n) is 2.27. The van der Waals surface area contributed by atoms with Crippen LogP contribution in [0.15, 0.2) is 29.7 Å². The summed E-state index contributed by atoms with van der Waals surface area (Å²) in [5.41, 5.74) is 6.58. The fourth-order valence-corrected chi connectivity index (χ4v) is 1.30. The van der Waals surface area contributed by atoms with Crippen LogP contribution in [0.3, 0.4) is 0 Å². The minimum Gasteiger partial charge on any atom is -0.409 e. The van der Waals surface area contributed by atoms with E-state index in [2.05, 4.69) is 15.5 Å². The zero-order chi connectivity index (χ0) is 11.3. The second-order valence-electron chi connectivity index (χ2n) is 3.42. The van der Waals surface area contributed by atoms with Crippen molar-refractivity contribution >= 4 is 5.84 Å². The first kappa shape index (κ1) is 11.5. The Labute approximate surface area is 89.0 Å². The van der Waals surface area contributed by atoms with Gasteiger partial charge in [0.1, 0.15) is 0 Å². The molecule has 1 aromatic rings. The maximum Gasteiger partial charge on any atom is 0.156 e. The Morgan fingerprint density at radius 2 is 2.07 bits per heavy atom. The van der Waals surface area contributed by atoms with Crippen molar-refractivity contribution in [3.8, 4) is 0 Å². The number of nitrogens with two attached hydrogens (primary N) is 1. The minimum atomic E-state index is -0.168. The predicted molar refractivity (Wildman–Crippen MR) is 58.7 cm³/mol. The lowest BCUT2D eigenvalue weighted by atomic mass is 10.1. The van der Waals surface area contributed by atoms with Crippen molar-refractivity contribution < 1.29 is 5.21 Å². The van der Waals surface area contributed by atoms with Crippen LogP contribution in [0, 0.1) is 0 Å². The van der Waals surface area contributed by atoms with Gasteiger partial charge in [0, 0.05) is 18.4 Å². The summed E-state index contributed by atoms with van der Waals surface area (Å²) in [6.07, 6.45) is 3.48. The Kier molecular flexibility index (Phi) is 4.05. The number of oxime groups is 1. The summed E-state index contributed by atoms with van der Waals surface area (Å²) < 4.78 is 0. The molecule has 0 fully saturated rings. The van der Waals surface area contributed by atoms with Gasteiger partial charge in [0.2, 0.25) is 0 Å². The molecule has 0 saturated carbocycles. The van der Waals surface area contributed by atoms with E-state index >= 15 is 0 Å². The molecular weight excluding hydrogens is 192 g/mol. The van der Waals surface area contributed by atoms with Crippen LogP contribution in [0.4, 0.5) is 0 Å². The molecule has 0 spiro atoms. The van der Waals surface area contributed by atoms with Gasteiger partial charge in [-0.15, -0.1) is 0 Å². The van der Waals surface area contributed by atoms with E-state index in [0.29, 0.717) is 0 Å². The van der Waals surface area contributed by atoms with Gasteiger partial charge in [-0.05, 0) is 31.5 Å². The van der Waals surface area contributed by atoms with Crippen LogP contribution >= 0.6 is 0 Å². The van der Waals surface area contributed by atoms with Crippen LogP contribution in [-0.2, 0) is 0 Å². The van der Waals surface area contributed by atoms with Gasteiger partial charge < -0.3 is 16.3 Å². The fourth-order valence-electron chi connectivity index (χ4n) is 1.30. The van der Waals surface area contributed by atoms with E-state index in [-0.39, 0.29) is 17.9 Å². The molecule has 2 atom stereocenters. The van der Waals surface area contributed by atoms with Crippen molar-refractivity contribution in [1.29, 1.82) is 0 Å². The minimum absolute atomic E-state index is 0.128. The Hall–Kier alpha value is -1.62. The number of nitrogens with zero attached hydrogens (tertiary/aromatic N) is 2. The van der Waals surface area contributed by atoms with E-state index in [4.69, 9.17) is 10.9 Å². The third-order valence-corrected chi connectivity index (χ3v) is 2.27. The Bertz CT molecular complexity index is 325. The normalized spacial score (nSPS) is 16.0. The van der Waals surface area contributed by atoms with E-state index in [1.807, 2.05) is 26.0 Å². The molecule has 1 aromatic heterocycles.